The van der Waals surface area contributed by atoms with Gasteiger partial charge in [0, 0.05) is 12.2 Å². The van der Waals surface area contributed by atoms with Crippen molar-refractivity contribution in [1.29, 1.82) is 0 Å². The Balaban J connectivity index is 1.44. The van der Waals surface area contributed by atoms with Crippen molar-refractivity contribution in [3.05, 3.63) is 77.4 Å². The Kier molecular flexibility index (Phi) is 7.25. The zero-order chi connectivity index (χ0) is 20.6. The maximum atomic E-state index is 12.2. The molecule has 2 aromatic carbocycles. The minimum Gasteiger partial charge on any atom is -0.365 e. The van der Waals surface area contributed by atoms with E-state index in [4.69, 9.17) is 0 Å². The lowest BCUT2D eigenvalue weighted by molar-refractivity contribution is -0.113. The molecule has 0 aliphatic carbocycles. The van der Waals surface area contributed by atoms with Crippen LogP contribution in [0.1, 0.15) is 36.5 Å². The van der Waals surface area contributed by atoms with Crippen molar-refractivity contribution in [1.82, 2.24) is 10.2 Å². The number of carbonyl (C=O) groups excluding carboxylic acids is 1. The van der Waals surface area contributed by atoms with Gasteiger partial charge >= 0.3 is 0 Å². The summed E-state index contributed by atoms with van der Waals surface area (Å²) in [4.78, 5) is 12.2. The molecule has 0 spiro atoms. The Morgan fingerprint density at radius 1 is 0.966 bits per heavy atom. The zero-order valence-electron chi connectivity index (χ0n) is 17.0. The minimum absolute atomic E-state index is 0.0596. The lowest BCUT2D eigenvalue weighted by Gasteiger charge is -2.08. The molecule has 2 N–H and O–H groups in total. The number of nitrogens with zero attached hydrogens (tertiary/aromatic N) is 2. The number of aryl methyl sites for hydroxylation is 1. The van der Waals surface area contributed by atoms with Gasteiger partial charge in [-0.1, -0.05) is 67.6 Å². The highest BCUT2D eigenvalue weighted by Crippen LogP contribution is 2.19. The maximum Gasteiger partial charge on any atom is 0.234 e. The summed E-state index contributed by atoms with van der Waals surface area (Å²) in [5.41, 5.74) is 4.49. The van der Waals surface area contributed by atoms with E-state index < -0.39 is 0 Å². The molecular formula is C23H26N4OS. The van der Waals surface area contributed by atoms with Crippen LogP contribution in [0.2, 0.25) is 0 Å². The van der Waals surface area contributed by atoms with Crippen molar-refractivity contribution >= 4 is 29.2 Å². The van der Waals surface area contributed by atoms with Crippen molar-refractivity contribution in [2.45, 2.75) is 38.3 Å². The average Bonchev–Trinajstić information content (AvgIpc) is 2.73. The van der Waals surface area contributed by atoms with Crippen LogP contribution in [0.4, 0.5) is 11.5 Å². The number of hydrogen-bond acceptors (Lipinski definition) is 5. The minimum atomic E-state index is -0.0596. The third-order valence-electron chi connectivity index (χ3n) is 4.45. The van der Waals surface area contributed by atoms with Crippen LogP contribution in [0, 0.1) is 6.92 Å². The summed E-state index contributed by atoms with van der Waals surface area (Å²) in [5, 5.41) is 15.3. The molecule has 0 fully saturated rings. The Morgan fingerprint density at radius 3 is 2.31 bits per heavy atom. The maximum absolute atomic E-state index is 12.2. The summed E-state index contributed by atoms with van der Waals surface area (Å²) in [5.74, 6) is 1.42. The van der Waals surface area contributed by atoms with Gasteiger partial charge in [0.1, 0.15) is 10.8 Å². The number of benzene rings is 2. The lowest BCUT2D eigenvalue weighted by atomic mass is 10.0. The number of aromatic nitrogens is 2. The topological polar surface area (TPSA) is 66.9 Å². The second-order valence-electron chi connectivity index (χ2n) is 7.21. The van der Waals surface area contributed by atoms with Gasteiger partial charge < -0.3 is 10.6 Å². The van der Waals surface area contributed by atoms with Gasteiger partial charge in [-0.3, -0.25) is 4.79 Å². The SMILES string of the molecule is Cc1ccc(CNc2ccc(SCC(=O)Nc3ccc(C(C)C)cc3)nn2)cc1. The second kappa shape index (κ2) is 10.1. The Hall–Kier alpha value is -2.86. The van der Waals surface area contributed by atoms with Crippen LogP contribution in [-0.4, -0.2) is 21.9 Å². The first-order valence-electron chi connectivity index (χ1n) is 9.65. The molecule has 1 aromatic heterocycles. The third kappa shape index (κ3) is 6.61. The molecule has 0 atom stereocenters. The van der Waals surface area contributed by atoms with Gasteiger partial charge in [0.2, 0.25) is 5.91 Å². The van der Waals surface area contributed by atoms with Crippen molar-refractivity contribution in [3.63, 3.8) is 0 Å². The van der Waals surface area contributed by atoms with Crippen LogP contribution in [0.25, 0.3) is 0 Å². The number of rotatable bonds is 8. The van der Waals surface area contributed by atoms with Gasteiger partial charge in [-0.2, -0.15) is 0 Å². The normalized spacial score (nSPS) is 10.8. The Morgan fingerprint density at radius 2 is 1.69 bits per heavy atom. The van der Waals surface area contributed by atoms with Crippen LogP contribution in [0.15, 0.2) is 65.7 Å². The van der Waals surface area contributed by atoms with Crippen LogP contribution in [0.3, 0.4) is 0 Å². The van der Waals surface area contributed by atoms with Gasteiger partial charge in [-0.15, -0.1) is 10.2 Å². The van der Waals surface area contributed by atoms with Crippen molar-refractivity contribution in [3.8, 4) is 0 Å². The molecule has 3 aromatic rings. The van der Waals surface area contributed by atoms with E-state index >= 15 is 0 Å². The van der Waals surface area contributed by atoms with E-state index in [1.54, 1.807) is 0 Å². The predicted octanol–water partition coefficient (Wildman–Crippen LogP) is 5.25. The molecule has 29 heavy (non-hydrogen) atoms. The molecule has 0 bridgehead atoms. The number of hydrogen-bond donors (Lipinski definition) is 2. The van der Waals surface area contributed by atoms with Crippen molar-refractivity contribution < 1.29 is 4.79 Å². The summed E-state index contributed by atoms with van der Waals surface area (Å²) >= 11 is 1.37. The Bertz CT molecular complexity index is 923. The molecule has 5 nitrogen and oxygen atoms in total. The summed E-state index contributed by atoms with van der Waals surface area (Å²) in [6.07, 6.45) is 0. The number of anilines is 2. The highest BCUT2D eigenvalue weighted by atomic mass is 32.2. The smallest absolute Gasteiger partial charge is 0.234 e. The summed E-state index contributed by atoms with van der Waals surface area (Å²) in [6, 6.07) is 20.1. The molecule has 0 saturated heterocycles. The van der Waals surface area contributed by atoms with Gasteiger partial charge in [-0.05, 0) is 48.2 Å². The fraction of sp³-hybridized carbons (Fsp3) is 0.261. The fourth-order valence-electron chi connectivity index (χ4n) is 2.68. The largest absolute Gasteiger partial charge is 0.365 e. The molecule has 1 heterocycles. The quantitative estimate of drug-likeness (QED) is 0.500. The monoisotopic (exact) mass is 406 g/mol. The van der Waals surface area contributed by atoms with Crippen LogP contribution in [-0.2, 0) is 11.3 Å². The Labute approximate surface area is 176 Å². The highest BCUT2D eigenvalue weighted by molar-refractivity contribution is 7.99. The molecule has 0 radical (unpaired) electrons. The van der Waals surface area contributed by atoms with Crippen molar-refractivity contribution in [2.75, 3.05) is 16.4 Å². The molecule has 0 aliphatic heterocycles. The van der Waals surface area contributed by atoms with E-state index in [9.17, 15) is 4.79 Å². The number of amides is 1. The molecular weight excluding hydrogens is 380 g/mol. The zero-order valence-corrected chi connectivity index (χ0v) is 17.8. The van der Waals surface area contributed by atoms with Gasteiger partial charge in [0.25, 0.3) is 0 Å². The average molecular weight is 407 g/mol. The molecule has 0 unspecified atom stereocenters. The highest BCUT2D eigenvalue weighted by Gasteiger charge is 2.06. The van der Waals surface area contributed by atoms with E-state index in [0.717, 1.165) is 10.7 Å². The first-order chi connectivity index (χ1) is 14.0. The van der Waals surface area contributed by atoms with E-state index in [0.29, 0.717) is 18.3 Å². The van der Waals surface area contributed by atoms with E-state index in [-0.39, 0.29) is 11.7 Å². The van der Waals surface area contributed by atoms with E-state index in [2.05, 4.69) is 65.9 Å². The second-order valence-corrected chi connectivity index (χ2v) is 8.21. The summed E-state index contributed by atoms with van der Waals surface area (Å²) in [7, 11) is 0. The standard InChI is InChI=1S/C23H26N4OS/c1-16(2)19-8-10-20(11-9-19)25-22(28)15-29-23-13-12-21(26-27-23)24-14-18-6-4-17(3)5-7-18/h4-13,16H,14-15H2,1-3H3,(H,24,26)(H,25,28). The summed E-state index contributed by atoms with van der Waals surface area (Å²) < 4.78 is 0. The summed E-state index contributed by atoms with van der Waals surface area (Å²) in [6.45, 7) is 7.06. The van der Waals surface area contributed by atoms with Gasteiger partial charge in [-0.25, -0.2) is 0 Å². The van der Waals surface area contributed by atoms with Crippen LogP contribution < -0.4 is 10.6 Å². The first-order valence-corrected chi connectivity index (χ1v) is 10.6. The molecule has 6 heteroatoms. The van der Waals surface area contributed by atoms with E-state index in [1.165, 1.54) is 28.5 Å². The third-order valence-corrected chi connectivity index (χ3v) is 5.37. The molecule has 1 amide bonds. The van der Waals surface area contributed by atoms with Gasteiger partial charge in [0.15, 0.2) is 0 Å². The van der Waals surface area contributed by atoms with Gasteiger partial charge in [0.05, 0.1) is 5.75 Å². The van der Waals surface area contributed by atoms with E-state index in [1.807, 2.05) is 36.4 Å². The lowest BCUT2D eigenvalue weighted by Crippen LogP contribution is -2.14. The molecule has 0 saturated carbocycles. The number of thioether (sulfide) groups is 1. The fourth-order valence-corrected chi connectivity index (χ4v) is 3.29. The molecule has 3 rings (SSSR count). The predicted molar refractivity (Wildman–Crippen MR) is 120 cm³/mol. The number of carbonyl (C=O) groups is 1. The molecule has 0 aliphatic rings. The number of nitrogens with one attached hydrogen (secondary N) is 2. The van der Waals surface area contributed by atoms with Crippen LogP contribution >= 0.6 is 11.8 Å². The molecule has 150 valence electrons. The van der Waals surface area contributed by atoms with Crippen molar-refractivity contribution in [2.24, 2.45) is 0 Å². The first kappa shape index (κ1) is 20.9. The van der Waals surface area contributed by atoms with Crippen LogP contribution in [0.5, 0.6) is 0 Å².